The van der Waals surface area contributed by atoms with Gasteiger partial charge in [-0.05, 0) is 55.8 Å². The second-order valence-electron chi connectivity index (χ2n) is 7.30. The van der Waals surface area contributed by atoms with E-state index in [-0.39, 0.29) is 22.9 Å². The first-order valence-electron chi connectivity index (χ1n) is 9.41. The van der Waals surface area contributed by atoms with Gasteiger partial charge in [0.05, 0.1) is 17.1 Å². The van der Waals surface area contributed by atoms with E-state index in [1.165, 1.54) is 18.5 Å². The number of fused-ring (bicyclic) bond motifs is 1. The Morgan fingerprint density at radius 2 is 2.03 bits per heavy atom. The van der Waals surface area contributed by atoms with Gasteiger partial charge in [-0.25, -0.2) is 18.7 Å². The molecule has 6 nitrogen and oxygen atoms in total. The Morgan fingerprint density at radius 3 is 2.69 bits per heavy atom. The van der Waals surface area contributed by atoms with Gasteiger partial charge in [0.2, 0.25) is 0 Å². The van der Waals surface area contributed by atoms with Gasteiger partial charge < -0.3 is 16.0 Å². The van der Waals surface area contributed by atoms with Gasteiger partial charge in [0.15, 0.2) is 0 Å². The second-order valence-corrected chi connectivity index (χ2v) is 7.30. The number of aryl methyl sites for hydroxylation is 1. The smallest absolute Gasteiger partial charge is 0.251 e. The van der Waals surface area contributed by atoms with Crippen LogP contribution in [0.15, 0.2) is 36.7 Å². The van der Waals surface area contributed by atoms with Crippen LogP contribution in [-0.4, -0.2) is 40.4 Å². The fraction of sp³-hybridized carbons (Fsp3) is 0.286. The highest BCUT2D eigenvalue weighted by Gasteiger charge is 2.23. The normalized spacial score (nSPS) is 15.1. The highest BCUT2D eigenvalue weighted by molar-refractivity contribution is 6.07. The highest BCUT2D eigenvalue weighted by Crippen LogP contribution is 2.29. The van der Waals surface area contributed by atoms with Crippen LogP contribution in [-0.2, 0) is 0 Å². The van der Waals surface area contributed by atoms with Gasteiger partial charge in [0.25, 0.3) is 5.91 Å². The van der Waals surface area contributed by atoms with Gasteiger partial charge >= 0.3 is 0 Å². The van der Waals surface area contributed by atoms with Gasteiger partial charge in [0, 0.05) is 11.9 Å². The van der Waals surface area contributed by atoms with Crippen LogP contribution in [0.3, 0.4) is 0 Å². The van der Waals surface area contributed by atoms with E-state index in [0.29, 0.717) is 23.3 Å². The van der Waals surface area contributed by atoms with Crippen molar-refractivity contribution in [2.75, 3.05) is 25.0 Å². The number of anilines is 1. The third-order valence-corrected chi connectivity index (χ3v) is 5.27. The molecule has 29 heavy (non-hydrogen) atoms. The summed E-state index contributed by atoms with van der Waals surface area (Å²) in [4.78, 5) is 22.3. The molecule has 2 aromatic carbocycles. The molecule has 2 heterocycles. The van der Waals surface area contributed by atoms with Gasteiger partial charge in [-0.2, -0.15) is 0 Å². The topological polar surface area (TPSA) is 84.1 Å². The van der Waals surface area contributed by atoms with Crippen molar-refractivity contribution in [1.29, 1.82) is 0 Å². The molecule has 1 unspecified atom stereocenters. The minimum atomic E-state index is -0.767. The number of nitrogens with zero attached hydrogens (tertiary/aromatic N) is 3. The maximum Gasteiger partial charge on any atom is 0.251 e. The molecule has 1 fully saturated rings. The summed E-state index contributed by atoms with van der Waals surface area (Å²) in [6, 6.07) is 7.16. The van der Waals surface area contributed by atoms with E-state index in [0.717, 1.165) is 31.1 Å². The summed E-state index contributed by atoms with van der Waals surface area (Å²) < 4.78 is 28.3. The van der Waals surface area contributed by atoms with E-state index in [1.54, 1.807) is 13.0 Å². The zero-order chi connectivity index (χ0) is 20.5. The standard InChI is InChI=1S/C21H21F2N5O/c1-12-3-4-13(7-17(12)23)18(10-28-5-2-6-28)27-21-16-9-14(22)8-15(20(24)29)19(16)25-11-26-21/h3-4,7-9,11,18H,2,5-6,10H2,1H3,(H2,24,29)(H,25,26,27). The molecular weight excluding hydrogens is 376 g/mol. The number of amides is 1. The fourth-order valence-electron chi connectivity index (χ4n) is 3.48. The lowest BCUT2D eigenvalue weighted by Crippen LogP contribution is -2.41. The summed E-state index contributed by atoms with van der Waals surface area (Å²) in [5.74, 6) is -1.29. The molecule has 1 saturated heterocycles. The minimum absolute atomic E-state index is 0.00822. The number of aromatic nitrogens is 2. The molecule has 0 radical (unpaired) electrons. The molecule has 0 spiro atoms. The first kappa shape index (κ1) is 19.2. The molecule has 1 aliphatic rings. The number of primary amides is 1. The molecule has 0 aliphatic carbocycles. The van der Waals surface area contributed by atoms with Crippen LogP contribution in [0.25, 0.3) is 10.9 Å². The molecule has 1 aromatic heterocycles. The lowest BCUT2D eigenvalue weighted by Gasteiger charge is -2.35. The van der Waals surface area contributed by atoms with Crippen molar-refractivity contribution in [3.63, 3.8) is 0 Å². The van der Waals surface area contributed by atoms with E-state index < -0.39 is 11.7 Å². The number of nitrogens with one attached hydrogen (secondary N) is 1. The minimum Gasteiger partial charge on any atom is -0.366 e. The molecule has 1 atom stereocenters. The van der Waals surface area contributed by atoms with E-state index in [2.05, 4.69) is 20.2 Å². The van der Waals surface area contributed by atoms with Crippen LogP contribution in [0, 0.1) is 18.6 Å². The van der Waals surface area contributed by atoms with Crippen molar-refractivity contribution in [2.45, 2.75) is 19.4 Å². The number of carbonyl (C=O) groups is 1. The van der Waals surface area contributed by atoms with E-state index in [1.807, 2.05) is 6.07 Å². The summed E-state index contributed by atoms with van der Waals surface area (Å²) in [6.07, 6.45) is 2.42. The van der Waals surface area contributed by atoms with Gasteiger partial charge in [-0.3, -0.25) is 4.79 Å². The first-order valence-corrected chi connectivity index (χ1v) is 9.41. The molecular formula is C21H21F2N5O. The predicted molar refractivity (Wildman–Crippen MR) is 107 cm³/mol. The fourth-order valence-corrected chi connectivity index (χ4v) is 3.48. The summed E-state index contributed by atoms with van der Waals surface area (Å²) in [6.45, 7) is 4.30. The van der Waals surface area contributed by atoms with Crippen molar-refractivity contribution in [3.05, 3.63) is 65.0 Å². The highest BCUT2D eigenvalue weighted by atomic mass is 19.1. The SMILES string of the molecule is Cc1ccc(C(CN2CCC2)Nc2ncnc3c(C(N)=O)cc(F)cc23)cc1F. The Hall–Kier alpha value is -3.13. The predicted octanol–water partition coefficient (Wildman–Crippen LogP) is 3.17. The van der Waals surface area contributed by atoms with Crippen molar-refractivity contribution >= 4 is 22.6 Å². The van der Waals surface area contributed by atoms with Crippen molar-refractivity contribution in [3.8, 4) is 0 Å². The molecule has 4 rings (SSSR count). The summed E-state index contributed by atoms with van der Waals surface area (Å²) in [7, 11) is 0. The van der Waals surface area contributed by atoms with Crippen LogP contribution in [0.5, 0.6) is 0 Å². The molecule has 0 saturated carbocycles. The molecule has 8 heteroatoms. The van der Waals surface area contributed by atoms with Gasteiger partial charge in [-0.15, -0.1) is 0 Å². The molecule has 1 aliphatic heterocycles. The molecule has 1 amide bonds. The second kappa shape index (κ2) is 7.71. The maximum atomic E-state index is 14.2. The first-order chi connectivity index (χ1) is 13.9. The number of benzene rings is 2. The van der Waals surface area contributed by atoms with Gasteiger partial charge in [0.1, 0.15) is 23.8 Å². The Morgan fingerprint density at radius 1 is 1.24 bits per heavy atom. The van der Waals surface area contributed by atoms with Crippen LogP contribution in [0.1, 0.15) is 33.9 Å². The van der Waals surface area contributed by atoms with Crippen molar-refractivity contribution in [2.24, 2.45) is 5.73 Å². The van der Waals surface area contributed by atoms with Gasteiger partial charge in [-0.1, -0.05) is 12.1 Å². The molecule has 3 N–H and O–H groups in total. The maximum absolute atomic E-state index is 14.2. The number of hydrogen-bond acceptors (Lipinski definition) is 5. The third kappa shape index (κ3) is 3.88. The Bertz CT molecular complexity index is 1080. The molecule has 150 valence electrons. The third-order valence-electron chi connectivity index (χ3n) is 5.27. The quantitative estimate of drug-likeness (QED) is 0.668. The van der Waals surface area contributed by atoms with Crippen LogP contribution in [0.2, 0.25) is 0 Å². The van der Waals surface area contributed by atoms with Crippen molar-refractivity contribution < 1.29 is 13.6 Å². The number of carbonyl (C=O) groups excluding carboxylic acids is 1. The zero-order valence-corrected chi connectivity index (χ0v) is 16.0. The number of rotatable bonds is 6. The molecule has 0 bridgehead atoms. The Kier molecular flexibility index (Phi) is 5.10. The summed E-state index contributed by atoms with van der Waals surface area (Å²) >= 11 is 0. The lowest BCUT2D eigenvalue weighted by molar-refractivity contribution is 0.100. The van der Waals surface area contributed by atoms with E-state index in [4.69, 9.17) is 5.73 Å². The number of hydrogen-bond donors (Lipinski definition) is 2. The summed E-state index contributed by atoms with van der Waals surface area (Å²) in [5, 5.41) is 3.65. The largest absolute Gasteiger partial charge is 0.366 e. The van der Waals surface area contributed by atoms with Crippen LogP contribution in [0.4, 0.5) is 14.6 Å². The number of nitrogens with two attached hydrogens (primary N) is 1. The Balaban J connectivity index is 1.76. The van der Waals surface area contributed by atoms with E-state index >= 15 is 0 Å². The zero-order valence-electron chi connectivity index (χ0n) is 16.0. The summed E-state index contributed by atoms with van der Waals surface area (Å²) in [5.41, 5.74) is 6.97. The van der Waals surface area contributed by atoms with Crippen molar-refractivity contribution in [1.82, 2.24) is 14.9 Å². The molecule has 3 aromatic rings. The van der Waals surface area contributed by atoms with Crippen LogP contribution < -0.4 is 11.1 Å². The lowest BCUT2D eigenvalue weighted by atomic mass is 10.0. The number of halogens is 2. The average Bonchev–Trinajstić information content (AvgIpc) is 2.65. The van der Waals surface area contributed by atoms with E-state index in [9.17, 15) is 13.6 Å². The number of likely N-dealkylation sites (tertiary alicyclic amines) is 1. The monoisotopic (exact) mass is 397 g/mol. The average molecular weight is 397 g/mol. The Labute approximate surface area is 166 Å². The van der Waals surface area contributed by atoms with Crippen LogP contribution >= 0.6 is 0 Å².